The van der Waals surface area contributed by atoms with E-state index < -0.39 is 36.2 Å². The molecule has 0 radical (unpaired) electrons. The molecule has 0 aliphatic carbocycles. The van der Waals surface area contributed by atoms with E-state index in [1.54, 1.807) is 49.1 Å². The van der Waals surface area contributed by atoms with Crippen LogP contribution >= 0.6 is 0 Å². The van der Waals surface area contributed by atoms with Gasteiger partial charge in [0.05, 0.1) is 13.2 Å². The maximum Gasteiger partial charge on any atom is 0.252 e. The van der Waals surface area contributed by atoms with Crippen molar-refractivity contribution >= 4 is 11.8 Å². The Morgan fingerprint density at radius 2 is 0.929 bits per heavy atom. The molecule has 4 N–H and O–H groups in total. The zero-order valence-corrected chi connectivity index (χ0v) is 23.0. The first-order chi connectivity index (χ1) is 20.5. The molecule has 42 heavy (non-hydrogen) atoms. The van der Waals surface area contributed by atoms with Crippen LogP contribution in [0, 0.1) is 0 Å². The third kappa shape index (κ3) is 9.28. The smallest absolute Gasteiger partial charge is 0.252 e. The van der Waals surface area contributed by atoms with Gasteiger partial charge >= 0.3 is 0 Å². The van der Waals surface area contributed by atoms with Gasteiger partial charge in [0.25, 0.3) is 11.8 Å². The molecule has 0 bridgehead atoms. The normalized spacial score (nSPS) is 13.9. The third-order valence-corrected chi connectivity index (χ3v) is 6.46. The molecular weight excluding hydrogens is 536 g/mol. The predicted octanol–water partition coefficient (Wildman–Crippen LogP) is 2.30. The second-order valence-electron chi connectivity index (χ2n) is 9.56. The summed E-state index contributed by atoms with van der Waals surface area (Å²) in [5, 5.41) is 28.1. The summed E-state index contributed by atoms with van der Waals surface area (Å²) in [5.74, 6) is -1.32. The Bertz CT molecular complexity index is 1260. The van der Waals surface area contributed by atoms with Crippen LogP contribution in [0.2, 0.25) is 0 Å². The number of pyridine rings is 2. The molecule has 0 unspecified atom stereocenters. The second-order valence-corrected chi connectivity index (χ2v) is 9.56. The standard InChI is InChI=1S/C32H34N4O6/c37-27(29(41-21-25-7-3-1-4-8-25)31(39)35-19-23-11-15-33-16-12-23)28(38)30(42-22-26-9-5-2-6-10-26)32(40)36-20-24-13-17-34-18-14-24/h1-18,27-30,37-38H,19-22H2,(H,35,39)(H,36,40)/t27-,28-,29-,30-/m1/s1. The van der Waals surface area contributed by atoms with Gasteiger partial charge in [-0.05, 0) is 46.5 Å². The number of hydrogen-bond acceptors (Lipinski definition) is 8. The van der Waals surface area contributed by atoms with Crippen molar-refractivity contribution in [2.45, 2.75) is 50.7 Å². The maximum atomic E-state index is 13.3. The molecule has 0 saturated carbocycles. The molecule has 4 aromatic rings. The summed E-state index contributed by atoms with van der Waals surface area (Å²) in [6, 6.07) is 25.2. The zero-order chi connectivity index (χ0) is 29.6. The fraction of sp³-hybridized carbons (Fsp3) is 0.250. The summed E-state index contributed by atoms with van der Waals surface area (Å²) >= 11 is 0. The fourth-order valence-electron chi connectivity index (χ4n) is 4.12. The van der Waals surface area contributed by atoms with Crippen molar-refractivity contribution in [1.82, 2.24) is 20.6 Å². The number of nitrogens with one attached hydrogen (secondary N) is 2. The Labute approximate surface area is 244 Å². The molecule has 0 spiro atoms. The van der Waals surface area contributed by atoms with E-state index in [1.807, 2.05) is 60.7 Å². The van der Waals surface area contributed by atoms with E-state index in [0.717, 1.165) is 22.3 Å². The minimum atomic E-state index is -1.81. The van der Waals surface area contributed by atoms with Crippen molar-refractivity contribution < 1.29 is 29.3 Å². The van der Waals surface area contributed by atoms with E-state index in [2.05, 4.69) is 20.6 Å². The highest BCUT2D eigenvalue weighted by atomic mass is 16.5. The Balaban J connectivity index is 1.51. The molecule has 0 fully saturated rings. The summed E-state index contributed by atoms with van der Waals surface area (Å²) in [6.45, 7) is 0.273. The number of nitrogens with zero attached hydrogens (tertiary/aromatic N) is 2. The second kappa shape index (κ2) is 16.1. The lowest BCUT2D eigenvalue weighted by Gasteiger charge is -2.30. The Hall–Kier alpha value is -4.48. The first-order valence-electron chi connectivity index (χ1n) is 13.5. The quantitative estimate of drug-likeness (QED) is 0.171. The first-order valence-corrected chi connectivity index (χ1v) is 13.5. The average molecular weight is 571 g/mol. The molecule has 2 heterocycles. The Morgan fingerprint density at radius 1 is 0.571 bits per heavy atom. The number of aliphatic hydroxyl groups is 2. The lowest BCUT2D eigenvalue weighted by atomic mass is 10.0. The molecule has 4 atom stereocenters. The molecule has 0 saturated heterocycles. The van der Waals surface area contributed by atoms with Crippen LogP contribution in [-0.2, 0) is 45.4 Å². The average Bonchev–Trinajstić information content (AvgIpc) is 3.04. The summed E-state index contributed by atoms with van der Waals surface area (Å²) in [4.78, 5) is 34.5. The van der Waals surface area contributed by atoms with Crippen molar-refractivity contribution in [2.24, 2.45) is 0 Å². The van der Waals surface area contributed by atoms with Crippen LogP contribution in [0.15, 0.2) is 110 Å². The maximum absolute atomic E-state index is 13.3. The van der Waals surface area contributed by atoms with Gasteiger partial charge in [-0.3, -0.25) is 19.6 Å². The van der Waals surface area contributed by atoms with Crippen LogP contribution in [0.4, 0.5) is 0 Å². The van der Waals surface area contributed by atoms with Crippen molar-refractivity contribution in [3.05, 3.63) is 132 Å². The van der Waals surface area contributed by atoms with Crippen LogP contribution in [0.25, 0.3) is 0 Å². The third-order valence-electron chi connectivity index (χ3n) is 6.46. The molecule has 2 aromatic heterocycles. The Kier molecular flexibility index (Phi) is 11.7. The fourth-order valence-corrected chi connectivity index (χ4v) is 4.12. The number of aromatic nitrogens is 2. The lowest BCUT2D eigenvalue weighted by Crippen LogP contribution is -2.55. The number of hydrogen-bond donors (Lipinski definition) is 4. The van der Waals surface area contributed by atoms with E-state index in [-0.39, 0.29) is 26.3 Å². The molecular formula is C32H34N4O6. The Morgan fingerprint density at radius 3 is 1.29 bits per heavy atom. The monoisotopic (exact) mass is 570 g/mol. The van der Waals surface area contributed by atoms with Crippen molar-refractivity contribution in [1.29, 1.82) is 0 Å². The molecule has 4 rings (SSSR count). The van der Waals surface area contributed by atoms with E-state index in [1.165, 1.54) is 0 Å². The van der Waals surface area contributed by atoms with Crippen LogP contribution < -0.4 is 10.6 Å². The molecule has 10 nitrogen and oxygen atoms in total. The van der Waals surface area contributed by atoms with Gasteiger partial charge < -0.3 is 30.3 Å². The summed E-state index contributed by atoms with van der Waals surface area (Å²) in [7, 11) is 0. The number of aliphatic hydroxyl groups excluding tert-OH is 2. The minimum absolute atomic E-state index is 0.0122. The predicted molar refractivity (Wildman–Crippen MR) is 154 cm³/mol. The van der Waals surface area contributed by atoms with Crippen LogP contribution in [0.3, 0.4) is 0 Å². The largest absolute Gasteiger partial charge is 0.387 e. The number of amides is 2. The van der Waals surface area contributed by atoms with Gasteiger partial charge in [0.2, 0.25) is 0 Å². The van der Waals surface area contributed by atoms with Crippen molar-refractivity contribution in [3.63, 3.8) is 0 Å². The van der Waals surface area contributed by atoms with E-state index >= 15 is 0 Å². The highest BCUT2D eigenvalue weighted by molar-refractivity contribution is 5.83. The minimum Gasteiger partial charge on any atom is -0.387 e. The number of ether oxygens (including phenoxy) is 2. The lowest BCUT2D eigenvalue weighted by molar-refractivity contribution is -0.170. The number of carbonyl (C=O) groups excluding carboxylic acids is 2. The van der Waals surface area contributed by atoms with Gasteiger partial charge in [-0.25, -0.2) is 0 Å². The van der Waals surface area contributed by atoms with Gasteiger partial charge in [-0.15, -0.1) is 0 Å². The molecule has 10 heteroatoms. The highest BCUT2D eigenvalue weighted by Crippen LogP contribution is 2.16. The van der Waals surface area contributed by atoms with Gasteiger partial charge in [0.15, 0.2) is 12.2 Å². The molecule has 218 valence electrons. The van der Waals surface area contributed by atoms with Crippen molar-refractivity contribution in [3.8, 4) is 0 Å². The first kappa shape index (κ1) is 30.5. The number of rotatable bonds is 15. The van der Waals surface area contributed by atoms with Gasteiger partial charge in [0.1, 0.15) is 12.2 Å². The highest BCUT2D eigenvalue weighted by Gasteiger charge is 2.40. The van der Waals surface area contributed by atoms with Crippen molar-refractivity contribution in [2.75, 3.05) is 0 Å². The van der Waals surface area contributed by atoms with E-state index in [9.17, 15) is 19.8 Å². The molecule has 2 aromatic carbocycles. The molecule has 2 amide bonds. The summed E-state index contributed by atoms with van der Waals surface area (Å²) in [6.07, 6.45) is -0.246. The van der Waals surface area contributed by atoms with Crippen LogP contribution in [-0.4, -0.2) is 56.4 Å². The zero-order valence-electron chi connectivity index (χ0n) is 23.0. The number of benzene rings is 2. The van der Waals surface area contributed by atoms with E-state index in [4.69, 9.17) is 9.47 Å². The van der Waals surface area contributed by atoms with Gasteiger partial charge in [0, 0.05) is 37.9 Å². The number of carbonyl (C=O) groups is 2. The van der Waals surface area contributed by atoms with Crippen LogP contribution in [0.1, 0.15) is 22.3 Å². The SMILES string of the molecule is O=C(NCc1ccncc1)[C@H](OCc1ccccc1)[C@H](O)[C@@H](O)[C@@H](OCc1ccccc1)C(=O)NCc1ccncc1. The van der Waals surface area contributed by atoms with Gasteiger partial charge in [-0.2, -0.15) is 0 Å². The van der Waals surface area contributed by atoms with Crippen LogP contribution in [0.5, 0.6) is 0 Å². The summed E-state index contributed by atoms with van der Waals surface area (Å²) < 4.78 is 11.7. The molecule has 0 aliphatic rings. The molecule has 0 aliphatic heterocycles. The topological polar surface area (TPSA) is 143 Å². The van der Waals surface area contributed by atoms with Gasteiger partial charge in [-0.1, -0.05) is 60.7 Å². The summed E-state index contributed by atoms with van der Waals surface area (Å²) in [5.41, 5.74) is 3.10. The van der Waals surface area contributed by atoms with E-state index in [0.29, 0.717) is 0 Å².